The predicted octanol–water partition coefficient (Wildman–Crippen LogP) is 2.57. The lowest BCUT2D eigenvalue weighted by Crippen LogP contribution is -2.53. The Balaban J connectivity index is 1.34. The summed E-state index contributed by atoms with van der Waals surface area (Å²) in [4.78, 5) is 14.7. The number of benzene rings is 1. The molecule has 1 atom stereocenters. The number of nitrogens with zero attached hydrogens (tertiary/aromatic N) is 2. The first-order valence-electron chi connectivity index (χ1n) is 9.65. The second kappa shape index (κ2) is 7.94. The standard InChI is InChI=1S/C20H25N3O3S2/c1-15(20(24)21-18-8-7-16-4-2-5-17(16)14-18)22-9-11-23(12-10-22)28(25,26)19-6-3-13-27-19/h3,6-8,13-15H,2,4-5,9-12H2,1H3,(H,21,24). The fourth-order valence-electron chi connectivity index (χ4n) is 3.93. The molecule has 1 aliphatic carbocycles. The highest BCUT2D eigenvalue weighted by molar-refractivity contribution is 7.91. The molecule has 1 aromatic heterocycles. The molecule has 1 aliphatic heterocycles. The van der Waals surface area contributed by atoms with Crippen molar-refractivity contribution in [2.24, 2.45) is 0 Å². The van der Waals surface area contributed by atoms with E-state index < -0.39 is 10.0 Å². The number of fused-ring (bicyclic) bond motifs is 1. The molecule has 1 fully saturated rings. The third-order valence-electron chi connectivity index (χ3n) is 5.66. The van der Waals surface area contributed by atoms with E-state index >= 15 is 0 Å². The first-order chi connectivity index (χ1) is 13.4. The van der Waals surface area contributed by atoms with Gasteiger partial charge in [0.05, 0.1) is 6.04 Å². The van der Waals surface area contributed by atoms with Crippen molar-refractivity contribution in [3.63, 3.8) is 0 Å². The molecule has 4 rings (SSSR count). The van der Waals surface area contributed by atoms with Crippen LogP contribution in [-0.4, -0.2) is 55.8 Å². The Labute approximate surface area is 170 Å². The average Bonchev–Trinajstić information content (AvgIpc) is 3.39. The van der Waals surface area contributed by atoms with E-state index in [0.717, 1.165) is 18.5 Å². The van der Waals surface area contributed by atoms with E-state index in [9.17, 15) is 13.2 Å². The van der Waals surface area contributed by atoms with Gasteiger partial charge in [-0.2, -0.15) is 4.31 Å². The fraction of sp³-hybridized carbons (Fsp3) is 0.450. The summed E-state index contributed by atoms with van der Waals surface area (Å²) in [6.45, 7) is 3.77. The molecule has 1 unspecified atom stereocenters. The molecule has 0 saturated carbocycles. The van der Waals surface area contributed by atoms with Crippen molar-refractivity contribution in [2.75, 3.05) is 31.5 Å². The van der Waals surface area contributed by atoms with Crippen LogP contribution in [0.15, 0.2) is 39.9 Å². The number of nitrogens with one attached hydrogen (secondary N) is 1. The van der Waals surface area contributed by atoms with Crippen LogP contribution in [0.4, 0.5) is 5.69 Å². The summed E-state index contributed by atoms with van der Waals surface area (Å²) < 4.78 is 27.2. The van der Waals surface area contributed by atoms with Crippen LogP contribution in [0.3, 0.4) is 0 Å². The minimum Gasteiger partial charge on any atom is -0.325 e. The summed E-state index contributed by atoms with van der Waals surface area (Å²) in [6, 6.07) is 9.24. The second-order valence-corrected chi connectivity index (χ2v) is 10.5. The maximum absolute atomic E-state index is 12.7. The van der Waals surface area contributed by atoms with Gasteiger partial charge >= 0.3 is 0 Å². The van der Waals surface area contributed by atoms with Crippen molar-refractivity contribution in [2.45, 2.75) is 36.4 Å². The Hall–Kier alpha value is -1.74. The van der Waals surface area contributed by atoms with E-state index in [-0.39, 0.29) is 11.9 Å². The molecule has 1 amide bonds. The van der Waals surface area contributed by atoms with Crippen molar-refractivity contribution >= 4 is 33.0 Å². The maximum atomic E-state index is 12.7. The zero-order chi connectivity index (χ0) is 19.7. The molecule has 28 heavy (non-hydrogen) atoms. The Morgan fingerprint density at radius 3 is 2.57 bits per heavy atom. The Morgan fingerprint density at radius 1 is 1.11 bits per heavy atom. The van der Waals surface area contributed by atoms with E-state index in [1.807, 2.05) is 17.9 Å². The summed E-state index contributed by atoms with van der Waals surface area (Å²) in [6.07, 6.45) is 3.38. The van der Waals surface area contributed by atoms with Crippen LogP contribution < -0.4 is 5.32 Å². The van der Waals surface area contributed by atoms with E-state index in [1.165, 1.54) is 33.2 Å². The molecule has 6 nitrogen and oxygen atoms in total. The molecule has 1 N–H and O–H groups in total. The average molecular weight is 420 g/mol. The highest BCUT2D eigenvalue weighted by atomic mass is 32.2. The largest absolute Gasteiger partial charge is 0.325 e. The Bertz CT molecular complexity index is 949. The number of hydrogen-bond donors (Lipinski definition) is 1. The number of aryl methyl sites for hydroxylation is 2. The van der Waals surface area contributed by atoms with Gasteiger partial charge in [0, 0.05) is 31.9 Å². The molecular formula is C20H25N3O3S2. The number of rotatable bonds is 5. The molecule has 150 valence electrons. The van der Waals surface area contributed by atoms with Crippen LogP contribution in [0.25, 0.3) is 0 Å². The molecule has 0 bridgehead atoms. The number of thiophene rings is 1. The van der Waals surface area contributed by atoms with Gasteiger partial charge in [-0.3, -0.25) is 9.69 Å². The van der Waals surface area contributed by atoms with Crippen molar-refractivity contribution in [1.29, 1.82) is 0 Å². The second-order valence-electron chi connectivity index (χ2n) is 7.37. The molecule has 1 saturated heterocycles. The van der Waals surface area contributed by atoms with Gasteiger partial charge in [0.15, 0.2) is 0 Å². The zero-order valence-corrected chi connectivity index (χ0v) is 17.6. The number of carbonyl (C=O) groups excluding carboxylic acids is 1. The highest BCUT2D eigenvalue weighted by Crippen LogP contribution is 2.25. The lowest BCUT2D eigenvalue weighted by molar-refractivity contribution is -0.121. The number of carbonyl (C=O) groups is 1. The molecule has 1 aromatic carbocycles. The maximum Gasteiger partial charge on any atom is 0.252 e. The first-order valence-corrected chi connectivity index (χ1v) is 12.0. The van der Waals surface area contributed by atoms with Gasteiger partial charge in [0.25, 0.3) is 10.0 Å². The molecule has 8 heteroatoms. The number of amides is 1. The van der Waals surface area contributed by atoms with Gasteiger partial charge in [0.1, 0.15) is 4.21 Å². The zero-order valence-electron chi connectivity index (χ0n) is 15.9. The number of sulfonamides is 1. The normalized spacial score (nSPS) is 19.3. The quantitative estimate of drug-likeness (QED) is 0.809. The van der Waals surface area contributed by atoms with Crippen LogP contribution >= 0.6 is 11.3 Å². The Morgan fingerprint density at radius 2 is 1.86 bits per heavy atom. The summed E-state index contributed by atoms with van der Waals surface area (Å²) in [5.41, 5.74) is 3.56. The molecule has 2 heterocycles. The van der Waals surface area contributed by atoms with Crippen molar-refractivity contribution in [3.8, 4) is 0 Å². The van der Waals surface area contributed by atoms with Gasteiger partial charge in [-0.15, -0.1) is 11.3 Å². The molecule has 2 aliphatic rings. The van der Waals surface area contributed by atoms with Crippen molar-refractivity contribution < 1.29 is 13.2 Å². The minimum atomic E-state index is -3.42. The van der Waals surface area contributed by atoms with Gasteiger partial charge in [0.2, 0.25) is 5.91 Å². The van der Waals surface area contributed by atoms with Gasteiger partial charge in [-0.05, 0) is 60.9 Å². The number of hydrogen-bond acceptors (Lipinski definition) is 5. The lowest BCUT2D eigenvalue weighted by Gasteiger charge is -2.36. The van der Waals surface area contributed by atoms with E-state index in [0.29, 0.717) is 30.4 Å². The van der Waals surface area contributed by atoms with Gasteiger partial charge < -0.3 is 5.32 Å². The molecule has 0 spiro atoms. The third kappa shape index (κ3) is 3.87. The van der Waals surface area contributed by atoms with Gasteiger partial charge in [-0.25, -0.2) is 8.42 Å². The summed E-state index contributed by atoms with van der Waals surface area (Å²) in [5, 5.41) is 4.79. The fourth-order valence-corrected chi connectivity index (χ4v) is 6.50. The summed E-state index contributed by atoms with van der Waals surface area (Å²) >= 11 is 1.24. The number of piperazine rings is 1. The van der Waals surface area contributed by atoms with Crippen LogP contribution in [0.1, 0.15) is 24.5 Å². The summed E-state index contributed by atoms with van der Waals surface area (Å²) in [7, 11) is -3.42. The minimum absolute atomic E-state index is 0.0486. The molecular weight excluding hydrogens is 394 g/mol. The number of anilines is 1. The highest BCUT2D eigenvalue weighted by Gasteiger charge is 2.32. The SMILES string of the molecule is CC(C(=O)Nc1ccc2c(c1)CCC2)N1CCN(S(=O)(=O)c2cccs2)CC1. The van der Waals surface area contributed by atoms with Gasteiger partial charge in [-0.1, -0.05) is 12.1 Å². The topological polar surface area (TPSA) is 69.7 Å². The van der Waals surface area contributed by atoms with Crippen LogP contribution in [0.5, 0.6) is 0 Å². The smallest absolute Gasteiger partial charge is 0.252 e. The lowest BCUT2D eigenvalue weighted by atomic mass is 10.1. The molecule has 2 aromatic rings. The third-order valence-corrected chi connectivity index (χ3v) is 8.93. The van der Waals surface area contributed by atoms with Crippen LogP contribution in [-0.2, 0) is 27.7 Å². The van der Waals surface area contributed by atoms with Crippen molar-refractivity contribution in [1.82, 2.24) is 9.21 Å². The van der Waals surface area contributed by atoms with Crippen LogP contribution in [0, 0.1) is 0 Å². The van der Waals surface area contributed by atoms with Crippen molar-refractivity contribution in [3.05, 3.63) is 46.8 Å². The first kappa shape index (κ1) is 19.6. The monoisotopic (exact) mass is 419 g/mol. The Kier molecular flexibility index (Phi) is 5.55. The van der Waals surface area contributed by atoms with E-state index in [4.69, 9.17) is 0 Å². The summed E-state index contributed by atoms with van der Waals surface area (Å²) in [5.74, 6) is -0.0486. The van der Waals surface area contributed by atoms with E-state index in [1.54, 1.807) is 17.5 Å². The van der Waals surface area contributed by atoms with E-state index in [2.05, 4.69) is 17.4 Å². The molecule has 0 radical (unpaired) electrons. The predicted molar refractivity (Wildman–Crippen MR) is 111 cm³/mol. The van der Waals surface area contributed by atoms with Crippen LogP contribution in [0.2, 0.25) is 0 Å².